The van der Waals surface area contributed by atoms with Crippen molar-refractivity contribution in [3.05, 3.63) is 0 Å². The summed E-state index contributed by atoms with van der Waals surface area (Å²) in [4.78, 5) is 0. The quantitative estimate of drug-likeness (QED) is 0.705. The van der Waals surface area contributed by atoms with E-state index in [0.29, 0.717) is 0 Å². The summed E-state index contributed by atoms with van der Waals surface area (Å²) < 4.78 is 0. The van der Waals surface area contributed by atoms with Gasteiger partial charge in [-0.05, 0) is 38.5 Å². The Kier molecular flexibility index (Phi) is 3.26. The van der Waals surface area contributed by atoms with Gasteiger partial charge in [0.25, 0.3) is 0 Å². The van der Waals surface area contributed by atoms with Crippen LogP contribution >= 0.6 is 0 Å². The van der Waals surface area contributed by atoms with Crippen molar-refractivity contribution in [1.29, 1.82) is 0 Å². The molecule has 1 heteroatoms. The highest BCUT2D eigenvalue weighted by molar-refractivity contribution is 4.83. The molecule has 1 nitrogen and oxygen atoms in total. The summed E-state index contributed by atoms with van der Waals surface area (Å²) in [5.41, 5.74) is 0. The van der Waals surface area contributed by atoms with E-state index in [1.54, 1.807) is 0 Å². The first kappa shape index (κ1) is 9.51. The van der Waals surface area contributed by atoms with Crippen LogP contribution in [0.25, 0.3) is 0 Å². The van der Waals surface area contributed by atoms with Crippen molar-refractivity contribution in [3.63, 3.8) is 0 Å². The van der Waals surface area contributed by atoms with Gasteiger partial charge in [0.1, 0.15) is 0 Å². The monoisotopic (exact) mass is 181 g/mol. The second kappa shape index (κ2) is 4.45. The van der Waals surface area contributed by atoms with E-state index in [9.17, 15) is 0 Å². The molecule has 0 aromatic rings. The molecule has 2 rings (SSSR count). The maximum absolute atomic E-state index is 3.79. The lowest BCUT2D eigenvalue weighted by molar-refractivity contribution is 0.228. The van der Waals surface area contributed by atoms with E-state index in [2.05, 4.69) is 12.2 Å². The fourth-order valence-corrected chi connectivity index (χ4v) is 2.72. The van der Waals surface area contributed by atoms with Crippen LogP contribution in [0, 0.1) is 5.92 Å². The van der Waals surface area contributed by atoms with Gasteiger partial charge < -0.3 is 5.32 Å². The van der Waals surface area contributed by atoms with Gasteiger partial charge in [-0.3, -0.25) is 0 Å². The predicted molar refractivity (Wildman–Crippen MR) is 56.8 cm³/mol. The zero-order valence-electron chi connectivity index (χ0n) is 8.89. The van der Waals surface area contributed by atoms with Crippen LogP contribution in [-0.2, 0) is 0 Å². The average molecular weight is 181 g/mol. The van der Waals surface area contributed by atoms with Gasteiger partial charge in [-0.1, -0.05) is 25.7 Å². The highest BCUT2D eigenvalue weighted by Gasteiger charge is 2.24. The summed E-state index contributed by atoms with van der Waals surface area (Å²) in [5, 5.41) is 3.79. The maximum Gasteiger partial charge on any atom is 0.00696 e. The van der Waals surface area contributed by atoms with Crippen LogP contribution in [0.3, 0.4) is 0 Å². The molecule has 0 bridgehead atoms. The van der Waals surface area contributed by atoms with E-state index < -0.39 is 0 Å². The summed E-state index contributed by atoms with van der Waals surface area (Å²) in [6.07, 6.45) is 11.7. The Labute approximate surface area is 82.3 Å². The van der Waals surface area contributed by atoms with Crippen LogP contribution in [0.2, 0.25) is 0 Å². The van der Waals surface area contributed by atoms with E-state index >= 15 is 0 Å². The summed E-state index contributed by atoms with van der Waals surface area (Å²) in [6.45, 7) is 2.40. The van der Waals surface area contributed by atoms with Crippen molar-refractivity contribution in [3.8, 4) is 0 Å². The van der Waals surface area contributed by atoms with Crippen molar-refractivity contribution < 1.29 is 0 Å². The fourth-order valence-electron chi connectivity index (χ4n) is 2.72. The minimum Gasteiger partial charge on any atom is -0.311 e. The Hall–Kier alpha value is -0.0400. The smallest absolute Gasteiger partial charge is 0.00696 e. The highest BCUT2D eigenvalue weighted by atomic mass is 15.0. The molecule has 2 saturated carbocycles. The van der Waals surface area contributed by atoms with Crippen molar-refractivity contribution in [2.45, 2.75) is 70.4 Å². The first-order valence-electron chi connectivity index (χ1n) is 6.12. The highest BCUT2D eigenvalue weighted by Crippen LogP contribution is 2.28. The number of hydrogen-bond donors (Lipinski definition) is 1. The minimum absolute atomic E-state index is 0.783. The molecule has 0 amide bonds. The van der Waals surface area contributed by atoms with Crippen LogP contribution in [0.5, 0.6) is 0 Å². The molecule has 0 heterocycles. The van der Waals surface area contributed by atoms with Crippen LogP contribution in [0.4, 0.5) is 0 Å². The molecule has 0 aliphatic heterocycles. The van der Waals surface area contributed by atoms with Gasteiger partial charge in [0.15, 0.2) is 0 Å². The minimum atomic E-state index is 0.783. The molecule has 0 spiro atoms. The normalized spacial score (nSPS) is 28.4. The van der Waals surface area contributed by atoms with Crippen LogP contribution in [0.1, 0.15) is 58.3 Å². The number of rotatable bonds is 3. The molecule has 2 aliphatic carbocycles. The van der Waals surface area contributed by atoms with Crippen molar-refractivity contribution in [2.75, 3.05) is 0 Å². The Morgan fingerprint density at radius 2 is 1.62 bits per heavy atom. The summed E-state index contributed by atoms with van der Waals surface area (Å²) in [7, 11) is 0. The summed E-state index contributed by atoms with van der Waals surface area (Å²) >= 11 is 0. The molecule has 1 atom stereocenters. The zero-order valence-corrected chi connectivity index (χ0v) is 8.89. The van der Waals surface area contributed by atoms with Crippen LogP contribution < -0.4 is 5.32 Å². The topological polar surface area (TPSA) is 12.0 Å². The standard InChI is InChI=1S/C12H23N/c1-10(13-12-8-5-9-12)11-6-3-2-4-7-11/h10-13H,2-9H2,1H3. The van der Waals surface area contributed by atoms with E-state index in [1.807, 2.05) is 0 Å². The van der Waals surface area contributed by atoms with Gasteiger partial charge in [-0.15, -0.1) is 0 Å². The lowest BCUT2D eigenvalue weighted by Gasteiger charge is -2.35. The molecule has 0 radical (unpaired) electrons. The average Bonchev–Trinajstić information content (AvgIpc) is 2.12. The van der Waals surface area contributed by atoms with Gasteiger partial charge >= 0.3 is 0 Å². The molecule has 13 heavy (non-hydrogen) atoms. The van der Waals surface area contributed by atoms with Gasteiger partial charge in [0, 0.05) is 12.1 Å². The molecule has 76 valence electrons. The Balaban J connectivity index is 1.70. The van der Waals surface area contributed by atoms with Gasteiger partial charge in [-0.25, -0.2) is 0 Å². The lowest BCUT2D eigenvalue weighted by atomic mass is 9.83. The first-order valence-corrected chi connectivity index (χ1v) is 6.12. The molecule has 2 aliphatic rings. The molecule has 1 unspecified atom stereocenters. The fraction of sp³-hybridized carbons (Fsp3) is 1.00. The van der Waals surface area contributed by atoms with E-state index in [-0.39, 0.29) is 0 Å². The Morgan fingerprint density at radius 1 is 0.923 bits per heavy atom. The second-order valence-electron chi connectivity index (χ2n) is 4.98. The maximum atomic E-state index is 3.79. The SMILES string of the molecule is CC(NC1CCC1)C1CCCCC1. The number of hydrogen-bond acceptors (Lipinski definition) is 1. The molecule has 0 aromatic carbocycles. The molecular formula is C12H23N. The van der Waals surface area contributed by atoms with Gasteiger partial charge in [0.2, 0.25) is 0 Å². The Bertz CT molecular complexity index is 145. The van der Waals surface area contributed by atoms with Crippen molar-refractivity contribution >= 4 is 0 Å². The van der Waals surface area contributed by atoms with Crippen molar-refractivity contribution in [1.82, 2.24) is 5.32 Å². The third-order valence-corrected chi connectivity index (χ3v) is 3.96. The molecule has 1 N–H and O–H groups in total. The summed E-state index contributed by atoms with van der Waals surface area (Å²) in [5.74, 6) is 0.981. The molecular weight excluding hydrogens is 158 g/mol. The lowest BCUT2D eigenvalue weighted by Crippen LogP contribution is -2.44. The second-order valence-corrected chi connectivity index (χ2v) is 4.98. The van der Waals surface area contributed by atoms with E-state index in [0.717, 1.165) is 18.0 Å². The van der Waals surface area contributed by atoms with Gasteiger partial charge in [0.05, 0.1) is 0 Å². The van der Waals surface area contributed by atoms with Crippen molar-refractivity contribution in [2.24, 2.45) is 5.92 Å². The largest absolute Gasteiger partial charge is 0.311 e. The number of nitrogens with one attached hydrogen (secondary N) is 1. The third-order valence-electron chi connectivity index (χ3n) is 3.96. The molecule has 2 fully saturated rings. The predicted octanol–water partition coefficient (Wildman–Crippen LogP) is 3.10. The zero-order chi connectivity index (χ0) is 9.10. The summed E-state index contributed by atoms with van der Waals surface area (Å²) in [6, 6.07) is 1.66. The van der Waals surface area contributed by atoms with Crippen LogP contribution in [0.15, 0.2) is 0 Å². The van der Waals surface area contributed by atoms with Crippen LogP contribution in [-0.4, -0.2) is 12.1 Å². The van der Waals surface area contributed by atoms with E-state index in [1.165, 1.54) is 51.4 Å². The Morgan fingerprint density at radius 3 is 2.15 bits per heavy atom. The van der Waals surface area contributed by atoms with E-state index in [4.69, 9.17) is 0 Å². The van der Waals surface area contributed by atoms with Gasteiger partial charge in [-0.2, -0.15) is 0 Å². The molecule has 0 saturated heterocycles. The molecule has 0 aromatic heterocycles. The third kappa shape index (κ3) is 2.46. The first-order chi connectivity index (χ1) is 6.36.